The Morgan fingerprint density at radius 3 is 2.60 bits per heavy atom. The zero-order valence-corrected chi connectivity index (χ0v) is 18.6. The fourth-order valence-electron chi connectivity index (χ4n) is 4.18. The maximum atomic E-state index is 12.5. The summed E-state index contributed by atoms with van der Waals surface area (Å²) in [6, 6.07) is 7.50. The topological polar surface area (TPSA) is 65.5 Å². The molecule has 1 aliphatic carbocycles. The number of amides is 2. The Hall–Kier alpha value is -1.96. The van der Waals surface area contributed by atoms with Crippen molar-refractivity contribution in [3.8, 4) is 10.6 Å². The van der Waals surface area contributed by atoms with Crippen molar-refractivity contribution in [3.63, 3.8) is 0 Å². The van der Waals surface area contributed by atoms with Crippen molar-refractivity contribution in [2.75, 3.05) is 39.3 Å². The van der Waals surface area contributed by atoms with E-state index >= 15 is 0 Å². The van der Waals surface area contributed by atoms with Crippen molar-refractivity contribution in [2.45, 2.75) is 25.7 Å². The SMILES string of the molecule is O=C(NCCN1CCN(C(=O)C2CCCC2)CC1)c1cnc(-c2ccccc2Cl)s1. The molecule has 1 N–H and O–H groups in total. The van der Waals surface area contributed by atoms with Gasteiger partial charge in [0.05, 0.1) is 11.2 Å². The highest BCUT2D eigenvalue weighted by Crippen LogP contribution is 2.31. The monoisotopic (exact) mass is 446 g/mol. The van der Waals surface area contributed by atoms with Crippen molar-refractivity contribution >= 4 is 34.8 Å². The molecule has 2 fully saturated rings. The van der Waals surface area contributed by atoms with E-state index in [0.717, 1.165) is 56.1 Å². The third-order valence-electron chi connectivity index (χ3n) is 5.94. The molecule has 4 rings (SSSR count). The van der Waals surface area contributed by atoms with E-state index in [1.165, 1.54) is 24.2 Å². The molecule has 30 heavy (non-hydrogen) atoms. The van der Waals surface area contributed by atoms with Gasteiger partial charge in [0.2, 0.25) is 5.91 Å². The second kappa shape index (κ2) is 9.90. The smallest absolute Gasteiger partial charge is 0.263 e. The highest BCUT2D eigenvalue weighted by Gasteiger charge is 2.29. The Labute approximate surface area is 186 Å². The number of thiazole rings is 1. The molecule has 2 heterocycles. The van der Waals surface area contributed by atoms with Crippen LogP contribution >= 0.6 is 22.9 Å². The van der Waals surface area contributed by atoms with Gasteiger partial charge in [-0.25, -0.2) is 4.98 Å². The lowest BCUT2D eigenvalue weighted by atomic mass is 10.1. The minimum atomic E-state index is -0.110. The van der Waals surface area contributed by atoms with Gasteiger partial charge in [0, 0.05) is 50.7 Å². The Bertz CT molecular complexity index is 889. The van der Waals surface area contributed by atoms with Gasteiger partial charge in [0.1, 0.15) is 9.88 Å². The van der Waals surface area contributed by atoms with E-state index in [1.54, 1.807) is 6.20 Å². The van der Waals surface area contributed by atoms with Crippen molar-refractivity contribution in [1.29, 1.82) is 0 Å². The average Bonchev–Trinajstić information content (AvgIpc) is 3.46. The number of hydrogen-bond donors (Lipinski definition) is 1. The number of hydrogen-bond acceptors (Lipinski definition) is 5. The predicted octanol–water partition coefficient (Wildman–Crippen LogP) is 3.53. The fraction of sp³-hybridized carbons (Fsp3) is 0.500. The number of benzene rings is 1. The third kappa shape index (κ3) is 5.02. The number of halogens is 1. The highest BCUT2D eigenvalue weighted by molar-refractivity contribution is 7.17. The molecule has 0 bridgehead atoms. The first-order valence-electron chi connectivity index (χ1n) is 10.6. The van der Waals surface area contributed by atoms with E-state index in [-0.39, 0.29) is 11.8 Å². The molecule has 6 nitrogen and oxygen atoms in total. The minimum Gasteiger partial charge on any atom is -0.350 e. The largest absolute Gasteiger partial charge is 0.350 e. The lowest BCUT2D eigenvalue weighted by Crippen LogP contribution is -2.51. The molecule has 0 radical (unpaired) electrons. The average molecular weight is 447 g/mol. The first-order chi connectivity index (χ1) is 14.6. The molecule has 0 unspecified atom stereocenters. The van der Waals surface area contributed by atoms with Gasteiger partial charge < -0.3 is 10.2 Å². The molecule has 2 aromatic rings. The molecule has 1 aromatic heterocycles. The second-order valence-electron chi connectivity index (χ2n) is 7.91. The molecular weight excluding hydrogens is 420 g/mol. The Morgan fingerprint density at radius 2 is 1.87 bits per heavy atom. The Kier molecular flexibility index (Phi) is 7.02. The number of nitrogens with one attached hydrogen (secondary N) is 1. The summed E-state index contributed by atoms with van der Waals surface area (Å²) in [5.41, 5.74) is 0.841. The first kappa shape index (κ1) is 21.3. The van der Waals surface area contributed by atoms with Gasteiger partial charge in [-0.15, -0.1) is 11.3 Å². The van der Waals surface area contributed by atoms with Gasteiger partial charge >= 0.3 is 0 Å². The molecule has 2 amide bonds. The Morgan fingerprint density at radius 1 is 1.13 bits per heavy atom. The van der Waals surface area contributed by atoms with Gasteiger partial charge in [-0.05, 0) is 18.9 Å². The summed E-state index contributed by atoms with van der Waals surface area (Å²) in [6.45, 7) is 4.68. The summed E-state index contributed by atoms with van der Waals surface area (Å²) < 4.78 is 0. The number of piperazine rings is 1. The van der Waals surface area contributed by atoms with E-state index in [9.17, 15) is 9.59 Å². The zero-order valence-electron chi connectivity index (χ0n) is 17.0. The van der Waals surface area contributed by atoms with Gasteiger partial charge in [-0.3, -0.25) is 14.5 Å². The van der Waals surface area contributed by atoms with E-state index < -0.39 is 0 Å². The van der Waals surface area contributed by atoms with Crippen molar-refractivity contribution in [2.24, 2.45) is 5.92 Å². The van der Waals surface area contributed by atoms with Crippen molar-refractivity contribution in [3.05, 3.63) is 40.4 Å². The normalized spacial score (nSPS) is 18.0. The Balaban J connectivity index is 1.20. The van der Waals surface area contributed by atoms with Gasteiger partial charge in [0.15, 0.2) is 0 Å². The molecule has 0 atom stereocenters. The van der Waals surface area contributed by atoms with Crippen molar-refractivity contribution < 1.29 is 9.59 Å². The fourth-order valence-corrected chi connectivity index (χ4v) is 5.33. The lowest BCUT2D eigenvalue weighted by molar-refractivity contribution is -0.137. The van der Waals surface area contributed by atoms with Crippen molar-refractivity contribution in [1.82, 2.24) is 20.1 Å². The summed E-state index contributed by atoms with van der Waals surface area (Å²) >= 11 is 7.56. The molecule has 0 spiro atoms. The molecule has 1 aliphatic heterocycles. The molecular formula is C22H27ClN4O2S. The molecule has 1 aromatic carbocycles. The number of nitrogens with zero attached hydrogens (tertiary/aromatic N) is 3. The maximum absolute atomic E-state index is 12.5. The van der Waals surface area contributed by atoms with Crippen LogP contribution in [0.5, 0.6) is 0 Å². The first-order valence-corrected chi connectivity index (χ1v) is 11.8. The van der Waals surface area contributed by atoms with Crippen LogP contribution in [-0.4, -0.2) is 65.9 Å². The van der Waals surface area contributed by atoms with E-state index in [0.29, 0.717) is 22.4 Å². The van der Waals surface area contributed by atoms with E-state index in [2.05, 4.69) is 15.2 Å². The molecule has 1 saturated carbocycles. The highest BCUT2D eigenvalue weighted by atomic mass is 35.5. The second-order valence-corrected chi connectivity index (χ2v) is 9.35. The molecule has 1 saturated heterocycles. The van der Waals surface area contributed by atoms with Crippen LogP contribution < -0.4 is 5.32 Å². The van der Waals surface area contributed by atoms with Crippen LogP contribution in [0.15, 0.2) is 30.5 Å². The zero-order chi connectivity index (χ0) is 20.9. The maximum Gasteiger partial charge on any atom is 0.263 e. The van der Waals surface area contributed by atoms with Crippen LogP contribution in [0.25, 0.3) is 10.6 Å². The summed E-state index contributed by atoms with van der Waals surface area (Å²) in [7, 11) is 0. The molecule has 2 aliphatic rings. The molecule has 8 heteroatoms. The van der Waals surface area contributed by atoms with Crippen LogP contribution in [0.4, 0.5) is 0 Å². The third-order valence-corrected chi connectivity index (χ3v) is 7.29. The number of carbonyl (C=O) groups is 2. The number of aromatic nitrogens is 1. The summed E-state index contributed by atoms with van der Waals surface area (Å²) in [5, 5.41) is 4.35. The van der Waals surface area contributed by atoms with Crippen LogP contribution in [-0.2, 0) is 4.79 Å². The standard InChI is InChI=1S/C22H27ClN4O2S/c23-18-8-4-3-7-17(18)21-25-15-19(30-21)20(28)24-9-10-26-11-13-27(14-12-26)22(29)16-5-1-2-6-16/h3-4,7-8,15-16H,1-2,5-6,9-14H2,(H,24,28). The minimum absolute atomic E-state index is 0.110. The predicted molar refractivity (Wildman–Crippen MR) is 120 cm³/mol. The molecule has 160 valence electrons. The van der Waals surface area contributed by atoms with Gasteiger partial charge in [0.25, 0.3) is 5.91 Å². The lowest BCUT2D eigenvalue weighted by Gasteiger charge is -2.36. The summed E-state index contributed by atoms with van der Waals surface area (Å²) in [5.74, 6) is 0.492. The summed E-state index contributed by atoms with van der Waals surface area (Å²) in [4.78, 5) is 34.3. The van der Waals surface area contributed by atoms with Crippen LogP contribution in [0.3, 0.4) is 0 Å². The van der Waals surface area contributed by atoms with E-state index in [4.69, 9.17) is 11.6 Å². The van der Waals surface area contributed by atoms with Gasteiger partial charge in [-0.2, -0.15) is 0 Å². The van der Waals surface area contributed by atoms with Crippen LogP contribution in [0.1, 0.15) is 35.4 Å². The quantitative estimate of drug-likeness (QED) is 0.737. The van der Waals surface area contributed by atoms with E-state index in [1.807, 2.05) is 29.2 Å². The number of rotatable bonds is 6. The van der Waals surface area contributed by atoms with Gasteiger partial charge in [-0.1, -0.05) is 42.6 Å². The van der Waals surface area contributed by atoms with Crippen LogP contribution in [0, 0.1) is 5.92 Å². The number of carbonyl (C=O) groups excluding carboxylic acids is 2. The van der Waals surface area contributed by atoms with Crippen LogP contribution in [0.2, 0.25) is 5.02 Å². The summed E-state index contributed by atoms with van der Waals surface area (Å²) in [6.07, 6.45) is 6.10.